The van der Waals surface area contributed by atoms with Gasteiger partial charge in [-0.2, -0.15) is 5.01 Å². The molecule has 2 aliphatic rings. The van der Waals surface area contributed by atoms with Crippen LogP contribution in [0.2, 0.25) is 10.0 Å². The van der Waals surface area contributed by atoms with Crippen molar-refractivity contribution in [3.8, 4) is 0 Å². The van der Waals surface area contributed by atoms with Crippen molar-refractivity contribution >= 4 is 40.9 Å². The van der Waals surface area contributed by atoms with Crippen LogP contribution >= 0.6 is 23.2 Å². The van der Waals surface area contributed by atoms with Gasteiger partial charge in [0.05, 0.1) is 29.0 Å². The van der Waals surface area contributed by atoms with Crippen molar-refractivity contribution in [2.45, 2.75) is 32.7 Å². The number of fused-ring (bicyclic) bond motifs is 1. The Morgan fingerprint density at radius 3 is 2.30 bits per heavy atom. The summed E-state index contributed by atoms with van der Waals surface area (Å²) in [5.41, 5.74) is 0.874. The molecule has 7 heteroatoms. The van der Waals surface area contributed by atoms with Gasteiger partial charge in [0, 0.05) is 5.02 Å². The van der Waals surface area contributed by atoms with Crippen LogP contribution in [0.3, 0.4) is 0 Å². The Kier molecular flexibility index (Phi) is 5.85. The summed E-state index contributed by atoms with van der Waals surface area (Å²) in [5.74, 6) is -1.52. The number of carbonyl (C=O) groups is 3. The number of halogens is 2. The minimum Gasteiger partial charge on any atom is -0.272 e. The Morgan fingerprint density at radius 1 is 0.967 bits per heavy atom. The fraction of sp³-hybridized carbons (Fsp3) is 0.348. The van der Waals surface area contributed by atoms with E-state index in [1.54, 1.807) is 48.5 Å². The number of nitrogens with zero attached hydrogens (tertiary/aromatic N) is 2. The first-order chi connectivity index (χ1) is 14.4. The highest BCUT2D eigenvalue weighted by Gasteiger charge is 2.52. The molecule has 1 heterocycles. The van der Waals surface area contributed by atoms with E-state index in [2.05, 4.69) is 6.92 Å². The molecule has 5 nitrogen and oxygen atoms in total. The smallest absolute Gasteiger partial charge is 0.272 e. The predicted molar refractivity (Wildman–Crippen MR) is 115 cm³/mol. The van der Waals surface area contributed by atoms with E-state index in [1.165, 1.54) is 5.01 Å². The molecule has 1 saturated carbocycles. The third-order valence-electron chi connectivity index (χ3n) is 6.02. The van der Waals surface area contributed by atoms with Gasteiger partial charge in [-0.25, -0.2) is 5.01 Å². The molecule has 1 saturated heterocycles. The molecule has 1 aliphatic carbocycles. The van der Waals surface area contributed by atoms with Crippen molar-refractivity contribution < 1.29 is 14.4 Å². The van der Waals surface area contributed by atoms with Crippen LogP contribution in [0.1, 0.15) is 42.1 Å². The summed E-state index contributed by atoms with van der Waals surface area (Å²) in [4.78, 5) is 40.0. The number of amides is 3. The quantitative estimate of drug-likeness (QED) is 0.625. The fourth-order valence-corrected chi connectivity index (χ4v) is 4.82. The van der Waals surface area contributed by atoms with Crippen molar-refractivity contribution in [3.05, 3.63) is 69.7 Å². The first kappa shape index (κ1) is 20.9. The highest BCUT2D eigenvalue weighted by Crippen LogP contribution is 2.41. The molecule has 0 N–H and O–H groups in total. The number of benzene rings is 2. The minimum absolute atomic E-state index is 0.00377. The minimum atomic E-state index is -0.506. The van der Waals surface area contributed by atoms with Crippen molar-refractivity contribution in [2.75, 3.05) is 0 Å². The average molecular weight is 445 g/mol. The molecule has 1 aliphatic heterocycles. The molecule has 3 amide bonds. The Balaban J connectivity index is 1.74. The molecule has 2 aromatic rings. The topological polar surface area (TPSA) is 57.7 Å². The maximum absolute atomic E-state index is 13.5. The number of rotatable bonds is 4. The lowest BCUT2D eigenvalue weighted by molar-refractivity contribution is -0.155. The molecule has 2 aromatic carbocycles. The van der Waals surface area contributed by atoms with Gasteiger partial charge in [0.15, 0.2) is 0 Å². The monoisotopic (exact) mass is 444 g/mol. The second-order valence-electron chi connectivity index (χ2n) is 8.05. The molecule has 0 radical (unpaired) electrons. The summed E-state index contributed by atoms with van der Waals surface area (Å²) >= 11 is 12.6. The molecular weight excluding hydrogens is 423 g/mol. The van der Waals surface area contributed by atoms with Gasteiger partial charge in [0.25, 0.3) is 17.7 Å². The number of hydrogen-bond acceptors (Lipinski definition) is 3. The summed E-state index contributed by atoms with van der Waals surface area (Å²) < 4.78 is 0. The van der Waals surface area contributed by atoms with Crippen molar-refractivity contribution in [1.29, 1.82) is 0 Å². The second-order valence-corrected chi connectivity index (χ2v) is 8.87. The molecule has 0 spiro atoms. The summed E-state index contributed by atoms with van der Waals surface area (Å²) in [6.45, 7) is 2.09. The first-order valence-corrected chi connectivity index (χ1v) is 10.8. The van der Waals surface area contributed by atoms with Crippen molar-refractivity contribution in [1.82, 2.24) is 10.0 Å². The molecule has 30 heavy (non-hydrogen) atoms. The van der Waals surface area contributed by atoms with Crippen molar-refractivity contribution in [2.24, 2.45) is 17.8 Å². The number of imide groups is 1. The first-order valence-electron chi connectivity index (χ1n) is 10.1. The van der Waals surface area contributed by atoms with Crippen molar-refractivity contribution in [3.63, 3.8) is 0 Å². The van der Waals surface area contributed by atoms with E-state index in [4.69, 9.17) is 23.2 Å². The highest BCUT2D eigenvalue weighted by atomic mass is 35.5. The third-order valence-corrected chi connectivity index (χ3v) is 6.72. The van der Waals surface area contributed by atoms with Gasteiger partial charge in [0.1, 0.15) is 0 Å². The van der Waals surface area contributed by atoms with Gasteiger partial charge >= 0.3 is 0 Å². The Labute approximate surface area is 185 Å². The zero-order valence-corrected chi connectivity index (χ0v) is 18.1. The molecule has 156 valence electrons. The number of carbonyl (C=O) groups excluding carboxylic acids is 3. The third kappa shape index (κ3) is 3.72. The average Bonchev–Trinajstić information content (AvgIpc) is 2.97. The van der Waals surface area contributed by atoms with Crippen LogP contribution in [0.15, 0.2) is 48.5 Å². The van der Waals surface area contributed by atoms with E-state index >= 15 is 0 Å². The molecule has 0 unspecified atom stereocenters. The van der Waals surface area contributed by atoms with Crippen LogP contribution < -0.4 is 0 Å². The van der Waals surface area contributed by atoms with Gasteiger partial charge in [0.2, 0.25) is 0 Å². The molecule has 0 aromatic heterocycles. The van der Waals surface area contributed by atoms with Gasteiger partial charge in [-0.05, 0) is 48.9 Å². The molecule has 3 atom stereocenters. The van der Waals surface area contributed by atoms with E-state index < -0.39 is 5.91 Å². The van der Waals surface area contributed by atoms with Crippen LogP contribution in [-0.4, -0.2) is 27.7 Å². The molecule has 0 bridgehead atoms. The maximum atomic E-state index is 13.5. The molecular formula is C23H22Cl2N2O3. The van der Waals surface area contributed by atoms with E-state index in [9.17, 15) is 14.4 Å². The van der Waals surface area contributed by atoms with Crippen LogP contribution in [-0.2, 0) is 16.1 Å². The van der Waals surface area contributed by atoms with E-state index in [0.717, 1.165) is 11.4 Å². The normalized spacial score (nSPS) is 23.4. The summed E-state index contributed by atoms with van der Waals surface area (Å²) in [6.07, 6.45) is 2.22. The zero-order chi connectivity index (χ0) is 21.4. The zero-order valence-electron chi connectivity index (χ0n) is 16.6. The summed E-state index contributed by atoms with van der Waals surface area (Å²) in [6, 6.07) is 13.7. The predicted octanol–water partition coefficient (Wildman–Crippen LogP) is 4.97. The van der Waals surface area contributed by atoms with Crippen LogP contribution in [0.25, 0.3) is 0 Å². The van der Waals surface area contributed by atoms with Gasteiger partial charge < -0.3 is 0 Å². The Hall–Kier alpha value is -2.37. The van der Waals surface area contributed by atoms with Gasteiger partial charge in [-0.15, -0.1) is 0 Å². The fourth-order valence-electron chi connectivity index (χ4n) is 4.41. The Bertz CT molecular complexity index is 1010. The van der Waals surface area contributed by atoms with Gasteiger partial charge in [-0.1, -0.05) is 60.5 Å². The van der Waals surface area contributed by atoms with Crippen LogP contribution in [0.5, 0.6) is 0 Å². The second kappa shape index (κ2) is 8.40. The van der Waals surface area contributed by atoms with Crippen LogP contribution in [0, 0.1) is 17.8 Å². The molecule has 2 fully saturated rings. The lowest BCUT2D eigenvalue weighted by atomic mass is 9.76. The lowest BCUT2D eigenvalue weighted by Crippen LogP contribution is -2.50. The summed E-state index contributed by atoms with van der Waals surface area (Å²) in [5, 5.41) is 2.97. The largest absolute Gasteiger partial charge is 0.274 e. The van der Waals surface area contributed by atoms with Gasteiger partial charge in [-0.3, -0.25) is 14.4 Å². The standard InChI is InChI=1S/C23H22Cl2N2O3/c1-14-10-11-16-18(12-14)23(30)27(22(16)29)26(13-15-6-2-4-8-19(15)24)21(28)17-7-3-5-9-20(17)25/h2-9,14,16,18H,10-13H2,1H3/t14-,16-,18-/m1/s1. The number of hydrogen-bond donors (Lipinski definition) is 0. The molecule has 4 rings (SSSR count). The number of hydrazine groups is 1. The van der Waals surface area contributed by atoms with E-state index in [0.29, 0.717) is 29.3 Å². The lowest BCUT2D eigenvalue weighted by Gasteiger charge is -2.31. The summed E-state index contributed by atoms with van der Waals surface area (Å²) in [7, 11) is 0. The Morgan fingerprint density at radius 2 is 1.60 bits per heavy atom. The van der Waals surface area contributed by atoms with E-state index in [-0.39, 0.29) is 40.8 Å². The maximum Gasteiger partial charge on any atom is 0.274 e. The van der Waals surface area contributed by atoms with Crippen LogP contribution in [0.4, 0.5) is 0 Å². The highest BCUT2D eigenvalue weighted by molar-refractivity contribution is 6.34. The SMILES string of the molecule is C[C@@H]1CC[C@H]2C(=O)N(N(Cc3ccccc3Cl)C(=O)c3ccccc3Cl)C(=O)[C@@H]2C1. The van der Waals surface area contributed by atoms with E-state index in [1.807, 2.05) is 0 Å².